The molecule has 5 nitrogen and oxygen atoms in total. The summed E-state index contributed by atoms with van der Waals surface area (Å²) >= 11 is 3.29. The van der Waals surface area contributed by atoms with Crippen molar-refractivity contribution in [1.29, 1.82) is 0 Å². The second-order valence-electron chi connectivity index (χ2n) is 4.32. The standard InChI is InChI=1S/C15H13N3O2S2/c1-20-14(19)18-17-10-6-8-11(9-7-10)21-15-16-12-4-2-3-5-13(12)22-15/h2-9,17H,1H3,(H,18,19). The monoisotopic (exact) mass is 331 g/mol. The molecule has 7 heteroatoms. The van der Waals surface area contributed by atoms with Gasteiger partial charge in [0.05, 0.1) is 23.0 Å². The third-order valence-electron chi connectivity index (χ3n) is 2.83. The number of benzene rings is 2. The van der Waals surface area contributed by atoms with Gasteiger partial charge in [-0.1, -0.05) is 23.9 Å². The SMILES string of the molecule is COC(=O)NNc1ccc(Sc2nc3ccccc3s2)cc1. The molecule has 1 heterocycles. The number of fused-ring (bicyclic) bond motifs is 1. The molecule has 0 spiro atoms. The molecule has 1 amide bonds. The fourth-order valence-corrected chi connectivity index (χ4v) is 3.82. The number of rotatable bonds is 4. The first kappa shape index (κ1) is 14.7. The zero-order valence-corrected chi connectivity index (χ0v) is 13.3. The van der Waals surface area contributed by atoms with E-state index in [-0.39, 0.29) is 0 Å². The molecule has 2 aromatic carbocycles. The average Bonchev–Trinajstić information content (AvgIpc) is 2.96. The second-order valence-corrected chi connectivity index (χ2v) is 6.67. The quantitative estimate of drug-likeness (QED) is 0.704. The summed E-state index contributed by atoms with van der Waals surface area (Å²) in [6.07, 6.45) is -0.534. The molecular weight excluding hydrogens is 318 g/mol. The molecule has 1 aromatic heterocycles. The number of carbonyl (C=O) groups is 1. The Morgan fingerprint density at radius 1 is 1.18 bits per heavy atom. The molecule has 3 rings (SSSR count). The minimum absolute atomic E-state index is 0.534. The number of ether oxygens (including phenoxy) is 1. The van der Waals surface area contributed by atoms with E-state index in [0.717, 1.165) is 20.4 Å². The van der Waals surface area contributed by atoms with Crippen molar-refractivity contribution in [3.63, 3.8) is 0 Å². The Balaban J connectivity index is 1.66. The van der Waals surface area contributed by atoms with Crippen LogP contribution in [0.3, 0.4) is 0 Å². The number of thiazole rings is 1. The van der Waals surface area contributed by atoms with Crippen LogP contribution < -0.4 is 10.9 Å². The Labute approximate surface area is 135 Å². The van der Waals surface area contributed by atoms with Crippen molar-refractivity contribution < 1.29 is 9.53 Å². The number of aromatic nitrogens is 1. The van der Waals surface area contributed by atoms with Crippen LogP contribution in [0, 0.1) is 0 Å². The van der Waals surface area contributed by atoms with Gasteiger partial charge in [-0.2, -0.15) is 0 Å². The van der Waals surface area contributed by atoms with Crippen LogP contribution in [0.2, 0.25) is 0 Å². The third-order valence-corrected chi connectivity index (χ3v) is 4.93. The number of hydrogen-bond donors (Lipinski definition) is 2. The lowest BCUT2D eigenvalue weighted by Crippen LogP contribution is -2.28. The van der Waals surface area contributed by atoms with Crippen molar-refractivity contribution in [3.05, 3.63) is 48.5 Å². The first-order valence-electron chi connectivity index (χ1n) is 6.48. The van der Waals surface area contributed by atoms with Crippen molar-refractivity contribution in [2.75, 3.05) is 12.5 Å². The Kier molecular flexibility index (Phi) is 4.45. The van der Waals surface area contributed by atoms with E-state index in [2.05, 4.69) is 26.6 Å². The highest BCUT2D eigenvalue weighted by Gasteiger charge is 2.05. The average molecular weight is 331 g/mol. The maximum absolute atomic E-state index is 11.0. The number of amides is 1. The summed E-state index contributed by atoms with van der Waals surface area (Å²) in [7, 11) is 1.31. The zero-order valence-electron chi connectivity index (χ0n) is 11.7. The molecule has 0 saturated carbocycles. The van der Waals surface area contributed by atoms with E-state index in [1.165, 1.54) is 11.8 Å². The zero-order chi connectivity index (χ0) is 15.4. The molecule has 112 valence electrons. The Hall–Kier alpha value is -2.25. The van der Waals surface area contributed by atoms with Gasteiger partial charge in [-0.3, -0.25) is 5.43 Å². The van der Waals surface area contributed by atoms with E-state index in [9.17, 15) is 4.79 Å². The highest BCUT2D eigenvalue weighted by Crippen LogP contribution is 2.34. The van der Waals surface area contributed by atoms with Gasteiger partial charge in [0.15, 0.2) is 4.34 Å². The number of methoxy groups -OCH3 is 1. The van der Waals surface area contributed by atoms with E-state index in [1.807, 2.05) is 42.5 Å². The van der Waals surface area contributed by atoms with Gasteiger partial charge in [0.25, 0.3) is 0 Å². The fraction of sp³-hybridized carbons (Fsp3) is 0.0667. The lowest BCUT2D eigenvalue weighted by molar-refractivity contribution is 0.173. The van der Waals surface area contributed by atoms with Crippen LogP contribution in [0.4, 0.5) is 10.5 Å². The molecular formula is C15H13N3O2S2. The third kappa shape index (κ3) is 3.49. The number of para-hydroxylation sites is 1. The smallest absolute Gasteiger partial charge is 0.425 e. The lowest BCUT2D eigenvalue weighted by atomic mass is 10.3. The molecule has 0 fully saturated rings. The molecule has 0 atom stereocenters. The molecule has 0 aliphatic carbocycles. The van der Waals surface area contributed by atoms with E-state index in [4.69, 9.17) is 0 Å². The number of nitrogens with zero attached hydrogens (tertiary/aromatic N) is 1. The molecule has 0 aliphatic rings. The van der Waals surface area contributed by atoms with Crippen molar-refractivity contribution >= 4 is 45.1 Å². The summed E-state index contributed by atoms with van der Waals surface area (Å²) in [5, 5.41) is 0. The van der Waals surface area contributed by atoms with Gasteiger partial charge in [-0.15, -0.1) is 11.3 Å². The molecule has 0 bridgehead atoms. The number of carbonyl (C=O) groups excluding carboxylic acids is 1. The van der Waals surface area contributed by atoms with Crippen molar-refractivity contribution in [2.24, 2.45) is 0 Å². The van der Waals surface area contributed by atoms with Crippen LogP contribution in [-0.2, 0) is 4.74 Å². The number of hydrazine groups is 1. The van der Waals surface area contributed by atoms with E-state index < -0.39 is 6.09 Å². The van der Waals surface area contributed by atoms with Crippen molar-refractivity contribution in [3.8, 4) is 0 Å². The maximum atomic E-state index is 11.0. The predicted molar refractivity (Wildman–Crippen MR) is 89.3 cm³/mol. The molecule has 22 heavy (non-hydrogen) atoms. The summed E-state index contributed by atoms with van der Waals surface area (Å²) in [6, 6.07) is 15.8. The predicted octanol–water partition coefficient (Wildman–Crippen LogP) is 4.13. The summed E-state index contributed by atoms with van der Waals surface area (Å²) in [6.45, 7) is 0. The maximum Gasteiger partial charge on any atom is 0.425 e. The topological polar surface area (TPSA) is 63.2 Å². The lowest BCUT2D eigenvalue weighted by Gasteiger charge is -2.07. The summed E-state index contributed by atoms with van der Waals surface area (Å²) < 4.78 is 6.67. The van der Waals surface area contributed by atoms with Crippen molar-refractivity contribution in [2.45, 2.75) is 9.24 Å². The van der Waals surface area contributed by atoms with Gasteiger partial charge in [-0.05, 0) is 36.4 Å². The first-order chi connectivity index (χ1) is 10.7. The summed E-state index contributed by atoms with van der Waals surface area (Å²) in [5.41, 5.74) is 6.97. The highest BCUT2D eigenvalue weighted by molar-refractivity contribution is 8.01. The van der Waals surface area contributed by atoms with Gasteiger partial charge < -0.3 is 4.74 Å². The fourth-order valence-electron chi connectivity index (χ4n) is 1.78. The second kappa shape index (κ2) is 6.67. The van der Waals surface area contributed by atoms with Gasteiger partial charge in [0.2, 0.25) is 0 Å². The summed E-state index contributed by atoms with van der Waals surface area (Å²) in [5.74, 6) is 0. The van der Waals surface area contributed by atoms with Crippen LogP contribution in [0.25, 0.3) is 10.2 Å². The van der Waals surface area contributed by atoms with Crippen LogP contribution in [0.1, 0.15) is 0 Å². The van der Waals surface area contributed by atoms with E-state index in [1.54, 1.807) is 23.1 Å². The van der Waals surface area contributed by atoms with Gasteiger partial charge in [-0.25, -0.2) is 15.2 Å². The minimum atomic E-state index is -0.534. The highest BCUT2D eigenvalue weighted by atomic mass is 32.2. The van der Waals surface area contributed by atoms with Crippen LogP contribution in [0.15, 0.2) is 57.8 Å². The Morgan fingerprint density at radius 2 is 1.95 bits per heavy atom. The molecule has 0 unspecified atom stereocenters. The van der Waals surface area contributed by atoms with E-state index >= 15 is 0 Å². The van der Waals surface area contributed by atoms with Gasteiger partial charge in [0, 0.05) is 4.90 Å². The number of hydrogen-bond acceptors (Lipinski definition) is 6. The van der Waals surface area contributed by atoms with E-state index in [0.29, 0.717) is 0 Å². The molecule has 0 radical (unpaired) electrons. The molecule has 0 aliphatic heterocycles. The molecule has 2 N–H and O–H groups in total. The number of nitrogens with one attached hydrogen (secondary N) is 2. The first-order valence-corrected chi connectivity index (χ1v) is 8.11. The van der Waals surface area contributed by atoms with Crippen molar-refractivity contribution in [1.82, 2.24) is 10.4 Å². The van der Waals surface area contributed by atoms with Crippen LogP contribution in [0.5, 0.6) is 0 Å². The molecule has 0 saturated heterocycles. The Morgan fingerprint density at radius 3 is 2.68 bits per heavy atom. The number of anilines is 1. The van der Waals surface area contributed by atoms with Crippen LogP contribution >= 0.6 is 23.1 Å². The Bertz CT molecular complexity index is 754. The van der Waals surface area contributed by atoms with Gasteiger partial charge >= 0.3 is 6.09 Å². The molecule has 3 aromatic rings. The summed E-state index contributed by atoms with van der Waals surface area (Å²) in [4.78, 5) is 16.7. The van der Waals surface area contributed by atoms with Crippen LogP contribution in [-0.4, -0.2) is 18.2 Å². The largest absolute Gasteiger partial charge is 0.452 e. The normalized spacial score (nSPS) is 10.4. The minimum Gasteiger partial charge on any atom is -0.452 e. The van der Waals surface area contributed by atoms with Gasteiger partial charge in [0.1, 0.15) is 0 Å².